The van der Waals surface area contributed by atoms with Crippen molar-refractivity contribution in [1.82, 2.24) is 0 Å². The molecule has 1 saturated carbocycles. The number of carboxylic acid groups (broad SMARTS) is 1. The van der Waals surface area contributed by atoms with Gasteiger partial charge in [-0.2, -0.15) is 0 Å². The highest BCUT2D eigenvalue weighted by atomic mass is 19.1. The average Bonchev–Trinajstić information content (AvgIpc) is 2.98. The largest absolute Gasteiger partial charge is 0.481 e. The molecule has 0 aromatic rings. The van der Waals surface area contributed by atoms with Crippen molar-refractivity contribution in [2.75, 3.05) is 0 Å². The van der Waals surface area contributed by atoms with E-state index >= 15 is 0 Å². The zero-order chi connectivity index (χ0) is 18.5. The summed E-state index contributed by atoms with van der Waals surface area (Å²) >= 11 is 0. The zero-order valence-electron chi connectivity index (χ0n) is 15.5. The monoisotopic (exact) mass is 355 g/mol. The van der Waals surface area contributed by atoms with Crippen LogP contribution in [0.2, 0.25) is 0 Å². The highest BCUT2D eigenvalue weighted by Gasteiger charge is 2.31. The molecule has 2 N–H and O–H groups in total. The minimum Gasteiger partial charge on any atom is -0.481 e. The van der Waals surface area contributed by atoms with Crippen molar-refractivity contribution >= 4 is 11.7 Å². The Balaban J connectivity index is 2.38. The third kappa shape index (κ3) is 9.03. The van der Waals surface area contributed by atoms with E-state index in [4.69, 9.17) is 5.11 Å². The Morgan fingerprint density at radius 3 is 2.72 bits per heavy atom. The lowest BCUT2D eigenvalue weighted by atomic mass is 9.89. The van der Waals surface area contributed by atoms with Crippen molar-refractivity contribution in [3.63, 3.8) is 0 Å². The number of hydrogen-bond donors (Lipinski definition) is 2. The van der Waals surface area contributed by atoms with Crippen LogP contribution in [0, 0.1) is 11.8 Å². The number of alkyl halides is 1. The topological polar surface area (TPSA) is 69.9 Å². The average molecular weight is 355 g/mol. The second-order valence-corrected chi connectivity index (χ2v) is 7.14. The van der Waals surface area contributed by atoms with E-state index in [0.717, 1.165) is 63.5 Å². The summed E-state index contributed by atoms with van der Waals surface area (Å²) in [4.78, 5) is 10.5. The van der Waals surface area contributed by atoms with Crippen LogP contribution in [-0.2, 0) is 4.79 Å². The molecule has 1 fully saturated rings. The maximum Gasteiger partial charge on any atom is 0.303 e. The molecule has 5 heteroatoms. The first kappa shape index (κ1) is 21.7. The van der Waals surface area contributed by atoms with Crippen LogP contribution < -0.4 is 0 Å². The molecule has 0 spiro atoms. The number of unbranched alkanes of at least 4 members (excludes halogenated alkanes) is 5. The van der Waals surface area contributed by atoms with Gasteiger partial charge in [-0.3, -0.25) is 4.79 Å². The van der Waals surface area contributed by atoms with Gasteiger partial charge in [0.25, 0.3) is 0 Å². The maximum absolute atomic E-state index is 13.9. The summed E-state index contributed by atoms with van der Waals surface area (Å²) in [5, 5.41) is 21.3. The molecule has 0 heterocycles. The van der Waals surface area contributed by atoms with E-state index < -0.39 is 12.1 Å². The number of allylic oxidation sites excluding steroid dienone is 2. The van der Waals surface area contributed by atoms with Crippen LogP contribution in [0.5, 0.6) is 0 Å². The van der Waals surface area contributed by atoms with E-state index in [9.17, 15) is 14.4 Å². The summed E-state index contributed by atoms with van der Waals surface area (Å²) in [6.07, 6.45) is 13.0. The van der Waals surface area contributed by atoms with Crippen LogP contribution in [0.4, 0.5) is 4.39 Å². The van der Waals surface area contributed by atoms with Crippen LogP contribution >= 0.6 is 0 Å². The van der Waals surface area contributed by atoms with Gasteiger partial charge in [0, 0.05) is 12.3 Å². The third-order valence-corrected chi connectivity index (χ3v) is 5.11. The number of rotatable bonds is 13. The van der Waals surface area contributed by atoms with Crippen LogP contribution in [-0.4, -0.2) is 28.2 Å². The predicted molar refractivity (Wildman–Crippen MR) is 99.0 cm³/mol. The molecule has 0 unspecified atom stereocenters. The van der Waals surface area contributed by atoms with Crippen molar-refractivity contribution in [3.05, 3.63) is 12.2 Å². The summed E-state index contributed by atoms with van der Waals surface area (Å²) in [5.74, 6) is -0.284. The first-order chi connectivity index (χ1) is 12.1. The van der Waals surface area contributed by atoms with Gasteiger partial charge in [0.15, 0.2) is 0 Å². The molecule has 1 rings (SSSR count). The minimum atomic E-state index is -0.877. The second-order valence-electron chi connectivity index (χ2n) is 7.14. The summed E-state index contributed by atoms with van der Waals surface area (Å²) in [5.41, 5.74) is 0.835. The van der Waals surface area contributed by atoms with Gasteiger partial charge < -0.3 is 10.3 Å². The minimum absolute atomic E-state index is 0.198. The van der Waals surface area contributed by atoms with Gasteiger partial charge in [0.2, 0.25) is 0 Å². The van der Waals surface area contributed by atoms with Gasteiger partial charge in [0.1, 0.15) is 6.17 Å². The smallest absolute Gasteiger partial charge is 0.303 e. The van der Waals surface area contributed by atoms with E-state index in [1.165, 1.54) is 0 Å². The summed E-state index contributed by atoms with van der Waals surface area (Å²) in [6.45, 7) is 2.11. The molecular formula is C20H34FNO3. The first-order valence-electron chi connectivity index (χ1n) is 9.83. The predicted octanol–water partition coefficient (Wildman–Crippen LogP) is 5.74. The number of aliphatic carboxylic acids is 1. The lowest BCUT2D eigenvalue weighted by Gasteiger charge is -2.16. The highest BCUT2D eigenvalue weighted by Crippen LogP contribution is 2.35. The Morgan fingerprint density at radius 2 is 2.04 bits per heavy atom. The SMILES string of the molecule is CCCCC[C@H](F)/C=C/[C@H]1CC/C(=N\O)[C@@H]1CCCCCCC(=O)O. The molecule has 0 amide bonds. The fraction of sp³-hybridized carbons (Fsp3) is 0.800. The number of carbonyl (C=O) groups is 1. The zero-order valence-corrected chi connectivity index (χ0v) is 15.5. The van der Waals surface area contributed by atoms with Gasteiger partial charge in [-0.05, 0) is 38.0 Å². The molecule has 0 bridgehead atoms. The molecule has 1 aliphatic rings. The molecule has 0 aromatic carbocycles. The van der Waals surface area contributed by atoms with Crippen molar-refractivity contribution in [1.29, 1.82) is 0 Å². The van der Waals surface area contributed by atoms with Gasteiger partial charge in [-0.15, -0.1) is 0 Å². The van der Waals surface area contributed by atoms with Crippen LogP contribution in [0.25, 0.3) is 0 Å². The van der Waals surface area contributed by atoms with Crippen molar-refractivity contribution < 1.29 is 19.5 Å². The second kappa shape index (κ2) is 12.9. The molecular weight excluding hydrogens is 321 g/mol. The Labute approximate surface area is 151 Å². The van der Waals surface area contributed by atoms with Crippen molar-refractivity contribution in [3.8, 4) is 0 Å². The maximum atomic E-state index is 13.9. The molecule has 1 aliphatic carbocycles. The van der Waals surface area contributed by atoms with Gasteiger partial charge >= 0.3 is 5.97 Å². The van der Waals surface area contributed by atoms with Gasteiger partial charge in [0.05, 0.1) is 5.71 Å². The Kier molecular flexibility index (Phi) is 11.2. The molecule has 4 nitrogen and oxygen atoms in total. The fourth-order valence-electron chi connectivity index (χ4n) is 3.63. The molecule has 0 aliphatic heterocycles. The van der Waals surface area contributed by atoms with E-state index in [1.54, 1.807) is 6.08 Å². The lowest BCUT2D eigenvalue weighted by molar-refractivity contribution is -0.137. The Morgan fingerprint density at radius 1 is 1.28 bits per heavy atom. The Bertz CT molecular complexity index is 437. The molecule has 3 atom stereocenters. The molecule has 0 aromatic heterocycles. The first-order valence-corrected chi connectivity index (χ1v) is 9.83. The quantitative estimate of drug-likeness (QED) is 0.191. The molecule has 0 radical (unpaired) electrons. The normalized spacial score (nSPS) is 23.5. The van der Waals surface area contributed by atoms with Crippen molar-refractivity contribution in [2.45, 2.75) is 90.1 Å². The number of hydrogen-bond acceptors (Lipinski definition) is 3. The van der Waals surface area contributed by atoms with Gasteiger partial charge in [-0.1, -0.05) is 62.8 Å². The number of carboxylic acids is 1. The Hall–Kier alpha value is -1.39. The molecule has 0 saturated heterocycles. The fourth-order valence-corrected chi connectivity index (χ4v) is 3.63. The number of nitrogens with zero attached hydrogens (tertiary/aromatic N) is 1. The highest BCUT2D eigenvalue weighted by molar-refractivity contribution is 5.88. The number of oxime groups is 1. The van der Waals surface area contributed by atoms with E-state index in [1.807, 2.05) is 6.08 Å². The van der Waals surface area contributed by atoms with Crippen LogP contribution in [0.15, 0.2) is 17.3 Å². The van der Waals surface area contributed by atoms with E-state index in [0.29, 0.717) is 12.8 Å². The summed E-state index contributed by atoms with van der Waals surface area (Å²) in [6, 6.07) is 0. The standard InChI is InChI=1S/C20H34FNO3/c1-2-3-6-9-17(21)14-12-16-13-15-19(22-25)18(16)10-7-4-5-8-11-20(23)24/h12,14,16-18,25H,2-11,13,15H2,1H3,(H,23,24)/b14-12+,22-19+/t16-,17-,18+/m0/s1. The van der Waals surface area contributed by atoms with Gasteiger partial charge in [-0.25, -0.2) is 4.39 Å². The molecule has 144 valence electrons. The molecule has 25 heavy (non-hydrogen) atoms. The number of halogens is 1. The van der Waals surface area contributed by atoms with E-state index in [-0.39, 0.29) is 18.3 Å². The summed E-state index contributed by atoms with van der Waals surface area (Å²) < 4.78 is 13.9. The third-order valence-electron chi connectivity index (χ3n) is 5.11. The lowest BCUT2D eigenvalue weighted by Crippen LogP contribution is -2.14. The van der Waals surface area contributed by atoms with E-state index in [2.05, 4.69) is 12.1 Å². The van der Waals surface area contributed by atoms with Crippen molar-refractivity contribution in [2.24, 2.45) is 17.0 Å². The summed E-state index contributed by atoms with van der Waals surface area (Å²) in [7, 11) is 0. The van der Waals surface area contributed by atoms with Crippen LogP contribution in [0.1, 0.15) is 84.0 Å². The van der Waals surface area contributed by atoms with Crippen LogP contribution in [0.3, 0.4) is 0 Å².